The van der Waals surface area contributed by atoms with E-state index in [9.17, 15) is 18.0 Å². The van der Waals surface area contributed by atoms with Crippen molar-refractivity contribution < 1.29 is 18.0 Å². The lowest BCUT2D eigenvalue weighted by Crippen LogP contribution is -2.23. The van der Waals surface area contributed by atoms with Crippen molar-refractivity contribution in [2.45, 2.75) is 12.7 Å². The molecular weight excluding hydrogens is 407 g/mol. The van der Waals surface area contributed by atoms with Crippen molar-refractivity contribution in [3.8, 4) is 0 Å². The molecule has 2 aromatic carbocycles. The predicted molar refractivity (Wildman–Crippen MR) is 111 cm³/mol. The molecule has 0 radical (unpaired) electrons. The average molecular weight is 425 g/mol. The molecule has 0 unspecified atom stereocenters. The Balaban J connectivity index is 1.46. The van der Waals surface area contributed by atoms with Crippen molar-refractivity contribution in [3.05, 3.63) is 83.6 Å². The fraction of sp³-hybridized carbons (Fsp3) is 0.136. The van der Waals surface area contributed by atoms with E-state index in [0.29, 0.717) is 22.9 Å². The summed E-state index contributed by atoms with van der Waals surface area (Å²) in [5, 5.41) is 5.73. The number of hydrogen-bond donors (Lipinski definition) is 2. The molecular formula is C22H18F3N5O. The number of amides is 1. The number of aromatic nitrogens is 3. The lowest BCUT2D eigenvalue weighted by molar-refractivity contribution is -0.137. The number of aryl methyl sites for hydroxylation is 1. The molecule has 2 aromatic heterocycles. The molecule has 158 valence electrons. The number of halogens is 3. The van der Waals surface area contributed by atoms with Gasteiger partial charge in [-0.1, -0.05) is 24.3 Å². The van der Waals surface area contributed by atoms with Crippen molar-refractivity contribution in [3.63, 3.8) is 0 Å². The number of pyridine rings is 1. The van der Waals surface area contributed by atoms with E-state index in [-0.39, 0.29) is 6.54 Å². The lowest BCUT2D eigenvalue weighted by Gasteiger charge is -2.10. The highest BCUT2D eigenvalue weighted by Crippen LogP contribution is 2.29. The Morgan fingerprint density at radius 3 is 2.65 bits per heavy atom. The molecule has 2 heterocycles. The van der Waals surface area contributed by atoms with Gasteiger partial charge in [0.1, 0.15) is 5.82 Å². The molecule has 1 amide bonds. The molecule has 0 saturated carbocycles. The molecule has 0 fully saturated rings. The van der Waals surface area contributed by atoms with Crippen molar-refractivity contribution in [2.75, 3.05) is 5.32 Å². The van der Waals surface area contributed by atoms with Crippen molar-refractivity contribution in [1.29, 1.82) is 0 Å². The zero-order valence-electron chi connectivity index (χ0n) is 16.4. The third-order valence-corrected chi connectivity index (χ3v) is 4.76. The van der Waals surface area contributed by atoms with Crippen LogP contribution < -0.4 is 10.6 Å². The van der Waals surface area contributed by atoms with Gasteiger partial charge in [0, 0.05) is 25.4 Å². The molecule has 2 N–H and O–H groups in total. The fourth-order valence-corrected chi connectivity index (χ4v) is 3.15. The quantitative estimate of drug-likeness (QED) is 0.488. The summed E-state index contributed by atoms with van der Waals surface area (Å²) < 4.78 is 40.4. The van der Waals surface area contributed by atoms with Gasteiger partial charge in [0.25, 0.3) is 5.91 Å². The molecule has 0 aliphatic carbocycles. The van der Waals surface area contributed by atoms with Gasteiger partial charge in [-0.2, -0.15) is 13.2 Å². The number of imidazole rings is 1. The van der Waals surface area contributed by atoms with Crippen LogP contribution in [0.4, 0.5) is 24.9 Å². The van der Waals surface area contributed by atoms with Crippen molar-refractivity contribution >= 4 is 28.7 Å². The van der Waals surface area contributed by atoms with Crippen molar-refractivity contribution in [1.82, 2.24) is 19.9 Å². The summed E-state index contributed by atoms with van der Waals surface area (Å²) in [6, 6.07) is 15.6. The maximum Gasteiger partial charge on any atom is 0.416 e. The molecule has 4 rings (SSSR count). The number of rotatable bonds is 5. The fourth-order valence-electron chi connectivity index (χ4n) is 3.15. The van der Waals surface area contributed by atoms with Crippen LogP contribution in [-0.2, 0) is 19.8 Å². The molecule has 6 nitrogen and oxygen atoms in total. The van der Waals surface area contributed by atoms with Gasteiger partial charge in [-0.15, -0.1) is 0 Å². The van der Waals surface area contributed by atoms with Gasteiger partial charge in [-0.3, -0.25) is 4.79 Å². The summed E-state index contributed by atoms with van der Waals surface area (Å²) in [4.78, 5) is 21.2. The van der Waals surface area contributed by atoms with Gasteiger partial charge < -0.3 is 15.2 Å². The van der Waals surface area contributed by atoms with Gasteiger partial charge >= 0.3 is 6.18 Å². The molecule has 0 saturated heterocycles. The van der Waals surface area contributed by atoms with Crippen LogP contribution in [0.15, 0.2) is 66.9 Å². The molecule has 0 bridgehead atoms. The van der Waals surface area contributed by atoms with E-state index >= 15 is 0 Å². The van der Waals surface area contributed by atoms with E-state index in [1.807, 2.05) is 35.9 Å². The summed E-state index contributed by atoms with van der Waals surface area (Å²) in [7, 11) is 1.86. The van der Waals surface area contributed by atoms with Crippen LogP contribution in [0, 0.1) is 0 Å². The Labute approximate surface area is 175 Å². The maximum absolute atomic E-state index is 12.8. The van der Waals surface area contributed by atoms with Crippen LogP contribution in [0.3, 0.4) is 0 Å². The second-order valence-corrected chi connectivity index (χ2v) is 6.92. The molecule has 0 spiro atoms. The van der Waals surface area contributed by atoms with Gasteiger partial charge in [0.05, 0.1) is 16.6 Å². The molecule has 31 heavy (non-hydrogen) atoms. The van der Waals surface area contributed by atoms with Crippen LogP contribution >= 0.6 is 0 Å². The first-order chi connectivity index (χ1) is 14.8. The summed E-state index contributed by atoms with van der Waals surface area (Å²) in [5.74, 6) is 0.563. The van der Waals surface area contributed by atoms with E-state index in [1.54, 1.807) is 6.07 Å². The first-order valence-electron chi connectivity index (χ1n) is 9.40. The Bertz CT molecular complexity index is 1250. The number of nitrogens with one attached hydrogen (secondary N) is 2. The van der Waals surface area contributed by atoms with E-state index < -0.39 is 17.6 Å². The molecule has 0 atom stereocenters. The number of fused-ring (bicyclic) bond motifs is 1. The zero-order valence-corrected chi connectivity index (χ0v) is 16.4. The first-order valence-corrected chi connectivity index (χ1v) is 9.40. The standard InChI is InChI=1S/C22H18F3N5O/c1-30-18-8-3-2-7-17(18)28-21(30)29-19-12-15(9-10-26-19)20(31)27-13-14-5-4-6-16(11-14)22(23,24)25/h2-12H,13H2,1H3,(H,27,31)(H,26,28,29). The van der Waals surface area contributed by atoms with Gasteiger partial charge in [0.15, 0.2) is 0 Å². The number of hydrogen-bond acceptors (Lipinski definition) is 4. The van der Waals surface area contributed by atoms with Crippen LogP contribution in [0.25, 0.3) is 11.0 Å². The highest BCUT2D eigenvalue weighted by Gasteiger charge is 2.30. The minimum absolute atomic E-state index is 0.0292. The van der Waals surface area contributed by atoms with Crippen LogP contribution in [0.1, 0.15) is 21.5 Å². The topological polar surface area (TPSA) is 71.8 Å². The Hall–Kier alpha value is -3.88. The van der Waals surface area contributed by atoms with Crippen LogP contribution in [0.5, 0.6) is 0 Å². The molecule has 9 heteroatoms. The van der Waals surface area contributed by atoms with Crippen LogP contribution in [0.2, 0.25) is 0 Å². The lowest BCUT2D eigenvalue weighted by atomic mass is 10.1. The third kappa shape index (κ3) is 4.50. The van der Waals surface area contributed by atoms with E-state index in [2.05, 4.69) is 20.6 Å². The SMILES string of the molecule is Cn1c(Nc2cc(C(=O)NCc3cccc(C(F)(F)F)c3)ccn2)nc2ccccc21. The van der Waals surface area contributed by atoms with Crippen molar-refractivity contribution in [2.24, 2.45) is 7.05 Å². The monoisotopic (exact) mass is 425 g/mol. The van der Waals surface area contributed by atoms with E-state index in [0.717, 1.165) is 23.2 Å². The molecule has 0 aliphatic rings. The first kappa shape index (κ1) is 20.4. The second kappa shape index (κ2) is 8.10. The minimum atomic E-state index is -4.43. The predicted octanol–water partition coefficient (Wildman–Crippen LogP) is 4.66. The molecule has 4 aromatic rings. The zero-order chi connectivity index (χ0) is 22.0. The Morgan fingerprint density at radius 2 is 1.87 bits per heavy atom. The summed E-state index contributed by atoms with van der Waals surface area (Å²) >= 11 is 0. The third-order valence-electron chi connectivity index (χ3n) is 4.76. The number of carbonyl (C=O) groups excluding carboxylic acids is 1. The Morgan fingerprint density at radius 1 is 1.06 bits per heavy atom. The highest BCUT2D eigenvalue weighted by atomic mass is 19.4. The normalized spacial score (nSPS) is 11.5. The smallest absolute Gasteiger partial charge is 0.348 e. The minimum Gasteiger partial charge on any atom is -0.348 e. The van der Waals surface area contributed by atoms with E-state index in [4.69, 9.17) is 0 Å². The van der Waals surface area contributed by atoms with Gasteiger partial charge in [-0.25, -0.2) is 9.97 Å². The number of carbonyl (C=O) groups is 1. The average Bonchev–Trinajstić information content (AvgIpc) is 3.07. The van der Waals surface area contributed by atoms with Crippen LogP contribution in [-0.4, -0.2) is 20.4 Å². The maximum atomic E-state index is 12.8. The van der Waals surface area contributed by atoms with Gasteiger partial charge in [0.2, 0.25) is 5.95 Å². The summed E-state index contributed by atoms with van der Waals surface area (Å²) in [5.41, 5.74) is 1.69. The van der Waals surface area contributed by atoms with E-state index in [1.165, 1.54) is 24.4 Å². The number of para-hydroxylation sites is 2. The largest absolute Gasteiger partial charge is 0.416 e. The Kier molecular flexibility index (Phi) is 5.33. The number of anilines is 2. The number of nitrogens with zero attached hydrogens (tertiary/aromatic N) is 3. The highest BCUT2D eigenvalue weighted by molar-refractivity contribution is 5.94. The number of alkyl halides is 3. The molecule has 0 aliphatic heterocycles. The summed E-state index contributed by atoms with van der Waals surface area (Å²) in [6.45, 7) is -0.0292. The van der Waals surface area contributed by atoms with Gasteiger partial charge in [-0.05, 0) is 42.0 Å². The second-order valence-electron chi connectivity index (χ2n) is 6.92. The number of benzene rings is 2. The summed E-state index contributed by atoms with van der Waals surface area (Å²) in [6.07, 6.45) is -2.95.